The number of aromatic amines is 1. The lowest BCUT2D eigenvalue weighted by Crippen LogP contribution is -2.43. The van der Waals surface area contributed by atoms with E-state index < -0.39 is 5.82 Å². The third-order valence-corrected chi connectivity index (χ3v) is 4.93. The molecule has 1 aromatic heterocycles. The van der Waals surface area contributed by atoms with Crippen LogP contribution in [0.5, 0.6) is 0 Å². The van der Waals surface area contributed by atoms with E-state index in [1.165, 1.54) is 12.1 Å². The smallest absolute Gasteiger partial charge is 0.270 e. The van der Waals surface area contributed by atoms with Crippen molar-refractivity contribution in [2.75, 3.05) is 18.4 Å². The van der Waals surface area contributed by atoms with Gasteiger partial charge in [-0.25, -0.2) is 4.39 Å². The first-order valence-electron chi connectivity index (χ1n) is 9.03. The minimum Gasteiger partial charge on any atom is -0.351 e. The summed E-state index contributed by atoms with van der Waals surface area (Å²) in [6, 6.07) is 15.4. The minimum absolute atomic E-state index is 0.102. The number of hydrogen-bond donors (Lipinski definition) is 2. The molecular weight excluding hydrogens is 345 g/mol. The number of anilines is 1. The van der Waals surface area contributed by atoms with Crippen LogP contribution in [0.3, 0.4) is 0 Å². The van der Waals surface area contributed by atoms with Gasteiger partial charge in [0.15, 0.2) is 0 Å². The van der Waals surface area contributed by atoms with Crippen molar-refractivity contribution in [3.05, 3.63) is 66.1 Å². The maximum absolute atomic E-state index is 13.3. The molecule has 1 aliphatic heterocycles. The molecule has 2 N–H and O–H groups in total. The van der Waals surface area contributed by atoms with E-state index in [0.29, 0.717) is 30.9 Å². The third kappa shape index (κ3) is 3.69. The maximum Gasteiger partial charge on any atom is 0.270 e. The average Bonchev–Trinajstić information content (AvgIpc) is 3.12. The molecule has 6 heteroatoms. The summed E-state index contributed by atoms with van der Waals surface area (Å²) in [6.07, 6.45) is 1.46. The van der Waals surface area contributed by atoms with Crippen molar-refractivity contribution >= 4 is 28.4 Å². The molecule has 138 valence electrons. The molecule has 4 rings (SSSR count). The van der Waals surface area contributed by atoms with Crippen LogP contribution < -0.4 is 5.32 Å². The monoisotopic (exact) mass is 365 g/mol. The van der Waals surface area contributed by atoms with Crippen LogP contribution in [0, 0.1) is 11.7 Å². The van der Waals surface area contributed by atoms with E-state index in [0.717, 1.165) is 17.3 Å². The summed E-state index contributed by atoms with van der Waals surface area (Å²) in [5.74, 6) is -0.994. The van der Waals surface area contributed by atoms with Crippen LogP contribution in [0.1, 0.15) is 23.3 Å². The number of carbonyl (C=O) groups is 2. The van der Waals surface area contributed by atoms with E-state index in [-0.39, 0.29) is 17.7 Å². The van der Waals surface area contributed by atoms with E-state index in [9.17, 15) is 14.0 Å². The molecule has 2 heterocycles. The molecule has 2 amide bonds. The number of hydrogen-bond acceptors (Lipinski definition) is 2. The highest BCUT2D eigenvalue weighted by atomic mass is 19.1. The molecule has 1 aliphatic rings. The molecule has 0 bridgehead atoms. The predicted molar refractivity (Wildman–Crippen MR) is 102 cm³/mol. The Morgan fingerprint density at radius 2 is 1.96 bits per heavy atom. The normalized spacial score (nSPS) is 17.1. The standard InChI is InChI=1S/C21H20FN3O2/c22-16-7-3-8-17(12-16)23-20(26)15-6-4-10-25(13-15)21(27)19-11-14-5-1-2-9-18(14)24-19/h1-3,5,7-9,11-12,15,24H,4,6,10,13H2,(H,23,26)/t15-/m1/s1. The lowest BCUT2D eigenvalue weighted by Gasteiger charge is -2.31. The number of para-hydroxylation sites is 1. The Balaban J connectivity index is 1.45. The van der Waals surface area contributed by atoms with Crippen LogP contribution in [0.25, 0.3) is 10.9 Å². The molecule has 3 aromatic rings. The fraction of sp³-hybridized carbons (Fsp3) is 0.238. The topological polar surface area (TPSA) is 65.2 Å². The van der Waals surface area contributed by atoms with Crippen LogP contribution in [0.4, 0.5) is 10.1 Å². The summed E-state index contributed by atoms with van der Waals surface area (Å²) in [7, 11) is 0. The Kier molecular flexibility index (Phi) is 4.62. The summed E-state index contributed by atoms with van der Waals surface area (Å²) in [5.41, 5.74) is 1.87. The lowest BCUT2D eigenvalue weighted by molar-refractivity contribution is -0.121. The fourth-order valence-corrected chi connectivity index (χ4v) is 3.55. The van der Waals surface area contributed by atoms with Crippen LogP contribution in [0.15, 0.2) is 54.6 Å². The highest BCUT2D eigenvalue weighted by molar-refractivity contribution is 5.99. The van der Waals surface area contributed by atoms with Gasteiger partial charge in [0, 0.05) is 29.7 Å². The predicted octanol–water partition coefficient (Wildman–Crippen LogP) is 3.80. The number of nitrogens with one attached hydrogen (secondary N) is 2. The first-order chi connectivity index (χ1) is 13.1. The van der Waals surface area contributed by atoms with Crippen molar-refractivity contribution in [3.63, 3.8) is 0 Å². The Morgan fingerprint density at radius 1 is 1.11 bits per heavy atom. The summed E-state index contributed by atoms with van der Waals surface area (Å²) in [5, 5.41) is 3.73. The second-order valence-electron chi connectivity index (χ2n) is 6.86. The van der Waals surface area contributed by atoms with Gasteiger partial charge in [-0.2, -0.15) is 0 Å². The molecule has 5 nitrogen and oxygen atoms in total. The van der Waals surface area contributed by atoms with Crippen molar-refractivity contribution in [3.8, 4) is 0 Å². The van der Waals surface area contributed by atoms with Gasteiger partial charge in [0.25, 0.3) is 5.91 Å². The number of rotatable bonds is 3. The third-order valence-electron chi connectivity index (χ3n) is 4.93. The first-order valence-corrected chi connectivity index (χ1v) is 9.03. The van der Waals surface area contributed by atoms with Gasteiger partial charge in [-0.3, -0.25) is 9.59 Å². The van der Waals surface area contributed by atoms with E-state index in [1.807, 2.05) is 30.3 Å². The van der Waals surface area contributed by atoms with E-state index in [2.05, 4.69) is 10.3 Å². The number of nitrogens with zero attached hydrogens (tertiary/aromatic N) is 1. The maximum atomic E-state index is 13.3. The SMILES string of the molecule is O=C(Nc1cccc(F)c1)[C@@H]1CCCN(C(=O)c2cc3ccccc3[nH]2)C1. The van der Waals surface area contributed by atoms with Gasteiger partial charge < -0.3 is 15.2 Å². The Labute approximate surface area is 156 Å². The van der Waals surface area contributed by atoms with Gasteiger partial charge in [0.05, 0.1) is 5.92 Å². The second-order valence-corrected chi connectivity index (χ2v) is 6.86. The highest BCUT2D eigenvalue weighted by Crippen LogP contribution is 2.22. The summed E-state index contributed by atoms with van der Waals surface area (Å²) in [4.78, 5) is 30.3. The molecule has 1 saturated heterocycles. The fourth-order valence-electron chi connectivity index (χ4n) is 3.55. The number of aromatic nitrogens is 1. The van der Waals surface area contributed by atoms with Crippen LogP contribution >= 0.6 is 0 Å². The zero-order valence-corrected chi connectivity index (χ0v) is 14.7. The van der Waals surface area contributed by atoms with Crippen molar-refractivity contribution < 1.29 is 14.0 Å². The van der Waals surface area contributed by atoms with Crippen LogP contribution in [-0.2, 0) is 4.79 Å². The van der Waals surface area contributed by atoms with E-state index in [1.54, 1.807) is 17.0 Å². The molecule has 2 aromatic carbocycles. The van der Waals surface area contributed by atoms with Gasteiger partial charge >= 0.3 is 0 Å². The number of fused-ring (bicyclic) bond motifs is 1. The largest absolute Gasteiger partial charge is 0.351 e. The van der Waals surface area contributed by atoms with Gasteiger partial charge in [0.1, 0.15) is 11.5 Å². The number of likely N-dealkylation sites (tertiary alicyclic amines) is 1. The molecule has 0 unspecified atom stereocenters. The van der Waals surface area contributed by atoms with Crippen molar-refractivity contribution in [2.24, 2.45) is 5.92 Å². The number of benzene rings is 2. The second kappa shape index (κ2) is 7.23. The van der Waals surface area contributed by atoms with Crippen molar-refractivity contribution in [2.45, 2.75) is 12.8 Å². The van der Waals surface area contributed by atoms with Gasteiger partial charge in [-0.15, -0.1) is 0 Å². The molecule has 0 spiro atoms. The molecule has 0 aliphatic carbocycles. The number of piperidine rings is 1. The van der Waals surface area contributed by atoms with Gasteiger partial charge in [-0.1, -0.05) is 24.3 Å². The van der Waals surface area contributed by atoms with Gasteiger partial charge in [0.2, 0.25) is 5.91 Å². The summed E-state index contributed by atoms with van der Waals surface area (Å²) in [6.45, 7) is 0.979. The van der Waals surface area contributed by atoms with Gasteiger partial charge in [-0.05, 0) is 43.2 Å². The van der Waals surface area contributed by atoms with E-state index >= 15 is 0 Å². The van der Waals surface area contributed by atoms with Crippen molar-refractivity contribution in [1.82, 2.24) is 9.88 Å². The highest BCUT2D eigenvalue weighted by Gasteiger charge is 2.29. The van der Waals surface area contributed by atoms with E-state index in [4.69, 9.17) is 0 Å². The Bertz CT molecular complexity index is 965. The van der Waals surface area contributed by atoms with Crippen molar-refractivity contribution in [1.29, 1.82) is 0 Å². The van der Waals surface area contributed by atoms with Crippen LogP contribution in [-0.4, -0.2) is 34.8 Å². The molecule has 0 saturated carbocycles. The number of amides is 2. The lowest BCUT2D eigenvalue weighted by atomic mass is 9.96. The number of H-pyrrole nitrogens is 1. The molecular formula is C21H20FN3O2. The number of carbonyl (C=O) groups excluding carboxylic acids is 2. The first kappa shape index (κ1) is 17.3. The zero-order chi connectivity index (χ0) is 18.8. The molecule has 1 fully saturated rings. The Morgan fingerprint density at radius 3 is 2.78 bits per heavy atom. The Hall–Kier alpha value is -3.15. The minimum atomic E-state index is -0.396. The summed E-state index contributed by atoms with van der Waals surface area (Å²) >= 11 is 0. The molecule has 27 heavy (non-hydrogen) atoms. The quantitative estimate of drug-likeness (QED) is 0.741. The molecule has 1 atom stereocenters. The van der Waals surface area contributed by atoms with Crippen LogP contribution in [0.2, 0.25) is 0 Å². The molecule has 0 radical (unpaired) electrons. The average molecular weight is 365 g/mol. The summed E-state index contributed by atoms with van der Waals surface area (Å²) < 4.78 is 13.3. The zero-order valence-electron chi connectivity index (χ0n) is 14.7. The number of halogens is 1.